The molecule has 0 radical (unpaired) electrons. The average Bonchev–Trinajstić information content (AvgIpc) is 2.71. The molecule has 0 atom stereocenters. The van der Waals surface area contributed by atoms with Crippen LogP contribution in [0.1, 0.15) is 24.3 Å². The van der Waals surface area contributed by atoms with E-state index in [1.165, 1.54) is 0 Å². The number of hydrogen-bond donors (Lipinski definition) is 3. The molecule has 2 rings (SSSR count). The van der Waals surface area contributed by atoms with Gasteiger partial charge in [-0.25, -0.2) is 0 Å². The molecular formula is C14H19N3O2. The number of rotatable bonds is 4. The number of anilines is 1. The van der Waals surface area contributed by atoms with E-state index < -0.39 is 5.54 Å². The quantitative estimate of drug-likeness (QED) is 0.735. The van der Waals surface area contributed by atoms with Gasteiger partial charge in [-0.2, -0.15) is 0 Å². The van der Waals surface area contributed by atoms with Gasteiger partial charge in [0.25, 0.3) is 5.91 Å². The number of benzene rings is 1. The lowest BCUT2D eigenvalue weighted by Gasteiger charge is -2.24. The fourth-order valence-corrected chi connectivity index (χ4v) is 2.05. The summed E-state index contributed by atoms with van der Waals surface area (Å²) in [5, 5.41) is 3.85. The molecule has 0 spiro atoms. The monoisotopic (exact) mass is 261 g/mol. The lowest BCUT2D eigenvalue weighted by atomic mass is 10.1. The molecule has 102 valence electrons. The zero-order chi connectivity index (χ0) is 14.0. The van der Waals surface area contributed by atoms with E-state index in [0.29, 0.717) is 18.0 Å². The zero-order valence-corrected chi connectivity index (χ0v) is 11.4. The van der Waals surface area contributed by atoms with Crippen LogP contribution >= 0.6 is 0 Å². The van der Waals surface area contributed by atoms with Crippen molar-refractivity contribution < 1.29 is 9.53 Å². The third-order valence-corrected chi connectivity index (χ3v) is 2.85. The van der Waals surface area contributed by atoms with Gasteiger partial charge in [0.15, 0.2) is 0 Å². The summed E-state index contributed by atoms with van der Waals surface area (Å²) in [6, 6.07) is 7.30. The van der Waals surface area contributed by atoms with Crippen LogP contribution in [0.5, 0.6) is 0 Å². The van der Waals surface area contributed by atoms with Gasteiger partial charge < -0.3 is 20.8 Å². The van der Waals surface area contributed by atoms with Gasteiger partial charge in [-0.05, 0) is 38.1 Å². The van der Waals surface area contributed by atoms with Crippen molar-refractivity contribution in [3.05, 3.63) is 30.0 Å². The highest BCUT2D eigenvalue weighted by atomic mass is 16.5. The van der Waals surface area contributed by atoms with Crippen molar-refractivity contribution in [1.29, 1.82) is 0 Å². The average molecular weight is 261 g/mol. The largest absolute Gasteiger partial charge is 0.399 e. The van der Waals surface area contributed by atoms with Gasteiger partial charge in [0, 0.05) is 23.7 Å². The maximum atomic E-state index is 12.2. The zero-order valence-electron chi connectivity index (χ0n) is 11.4. The molecule has 1 amide bonds. The minimum absolute atomic E-state index is 0.156. The lowest BCUT2D eigenvalue weighted by Crippen LogP contribution is -2.46. The van der Waals surface area contributed by atoms with Crippen LogP contribution in [0.3, 0.4) is 0 Å². The topological polar surface area (TPSA) is 80.1 Å². The Morgan fingerprint density at radius 3 is 2.84 bits per heavy atom. The number of aromatic nitrogens is 1. The van der Waals surface area contributed by atoms with Crippen molar-refractivity contribution in [3.8, 4) is 0 Å². The second-order valence-electron chi connectivity index (χ2n) is 5.30. The molecule has 0 fully saturated rings. The first-order valence-electron chi connectivity index (χ1n) is 6.11. The molecule has 0 aliphatic rings. The fourth-order valence-electron chi connectivity index (χ4n) is 2.05. The smallest absolute Gasteiger partial charge is 0.268 e. The van der Waals surface area contributed by atoms with E-state index in [1.54, 1.807) is 19.2 Å². The Morgan fingerprint density at radius 1 is 1.42 bits per heavy atom. The number of nitrogens with two attached hydrogens (primary N) is 1. The predicted octanol–water partition coefficient (Wildman–Crippen LogP) is 1.90. The summed E-state index contributed by atoms with van der Waals surface area (Å²) in [6.07, 6.45) is 0. The van der Waals surface area contributed by atoms with Crippen molar-refractivity contribution in [2.24, 2.45) is 0 Å². The van der Waals surface area contributed by atoms with Gasteiger partial charge in [0.1, 0.15) is 5.69 Å². The van der Waals surface area contributed by atoms with Gasteiger partial charge >= 0.3 is 0 Å². The number of hydrogen-bond acceptors (Lipinski definition) is 3. The number of nitrogens with one attached hydrogen (secondary N) is 2. The minimum Gasteiger partial charge on any atom is -0.399 e. The molecule has 0 aliphatic carbocycles. The number of ether oxygens (including phenoxy) is 1. The Balaban J connectivity index is 2.22. The molecule has 2 aromatic rings. The van der Waals surface area contributed by atoms with Crippen LogP contribution in [-0.2, 0) is 4.74 Å². The molecule has 1 aromatic heterocycles. The number of nitrogen functional groups attached to an aromatic ring is 1. The Morgan fingerprint density at radius 2 is 2.16 bits per heavy atom. The summed E-state index contributed by atoms with van der Waals surface area (Å²) in [5.74, 6) is -0.156. The van der Waals surface area contributed by atoms with Crippen molar-refractivity contribution in [2.45, 2.75) is 19.4 Å². The standard InChI is InChI=1S/C14H19N3O2/c1-14(2,8-19-3)17-13(18)12-7-9-6-10(15)4-5-11(9)16-12/h4-7,16H,8,15H2,1-3H3,(H,17,18). The minimum atomic E-state index is -0.415. The van der Waals surface area contributed by atoms with Gasteiger partial charge in [-0.15, -0.1) is 0 Å². The SMILES string of the molecule is COCC(C)(C)NC(=O)c1cc2cc(N)ccc2[nH]1. The second kappa shape index (κ2) is 4.93. The Hall–Kier alpha value is -2.01. The molecule has 0 unspecified atom stereocenters. The van der Waals surface area contributed by atoms with Crippen LogP contribution < -0.4 is 11.1 Å². The summed E-state index contributed by atoms with van der Waals surface area (Å²) < 4.78 is 5.08. The van der Waals surface area contributed by atoms with E-state index in [1.807, 2.05) is 26.0 Å². The summed E-state index contributed by atoms with van der Waals surface area (Å²) >= 11 is 0. The van der Waals surface area contributed by atoms with Gasteiger partial charge in [0.05, 0.1) is 12.1 Å². The van der Waals surface area contributed by atoms with E-state index in [2.05, 4.69) is 10.3 Å². The molecule has 19 heavy (non-hydrogen) atoms. The normalized spacial score (nSPS) is 11.7. The Bertz CT molecular complexity index is 602. The van der Waals surface area contributed by atoms with Crippen LogP contribution in [0.4, 0.5) is 5.69 Å². The van der Waals surface area contributed by atoms with Crippen LogP contribution in [0.25, 0.3) is 10.9 Å². The predicted molar refractivity (Wildman–Crippen MR) is 76.1 cm³/mol. The molecule has 4 N–H and O–H groups in total. The molecule has 0 saturated heterocycles. The van der Waals surface area contributed by atoms with Gasteiger partial charge in [-0.3, -0.25) is 4.79 Å². The highest BCUT2D eigenvalue weighted by Crippen LogP contribution is 2.18. The van der Waals surface area contributed by atoms with Crippen LogP contribution in [0, 0.1) is 0 Å². The summed E-state index contributed by atoms with van der Waals surface area (Å²) in [6.45, 7) is 4.27. The summed E-state index contributed by atoms with van der Waals surface area (Å²) in [4.78, 5) is 15.2. The molecule has 5 heteroatoms. The molecule has 1 heterocycles. The number of fused-ring (bicyclic) bond motifs is 1. The Labute approximate surface area is 112 Å². The van der Waals surface area contributed by atoms with Crippen molar-refractivity contribution >= 4 is 22.5 Å². The van der Waals surface area contributed by atoms with Gasteiger partial charge in [-0.1, -0.05) is 0 Å². The number of amides is 1. The van der Waals surface area contributed by atoms with Crippen molar-refractivity contribution in [3.63, 3.8) is 0 Å². The Kier molecular flexibility index (Phi) is 3.48. The number of H-pyrrole nitrogens is 1. The highest BCUT2D eigenvalue weighted by Gasteiger charge is 2.21. The van der Waals surface area contributed by atoms with Crippen molar-refractivity contribution in [2.75, 3.05) is 19.5 Å². The molecular weight excluding hydrogens is 242 g/mol. The van der Waals surface area contributed by atoms with Crippen LogP contribution in [-0.4, -0.2) is 30.1 Å². The lowest BCUT2D eigenvalue weighted by molar-refractivity contribution is 0.0816. The maximum absolute atomic E-state index is 12.2. The van der Waals surface area contributed by atoms with Crippen LogP contribution in [0.15, 0.2) is 24.3 Å². The van der Waals surface area contributed by atoms with E-state index in [9.17, 15) is 4.79 Å². The number of aromatic amines is 1. The highest BCUT2D eigenvalue weighted by molar-refractivity contribution is 5.98. The molecule has 1 aromatic carbocycles. The molecule has 0 aliphatic heterocycles. The first-order valence-corrected chi connectivity index (χ1v) is 6.11. The van der Waals surface area contributed by atoms with Crippen LogP contribution in [0.2, 0.25) is 0 Å². The van der Waals surface area contributed by atoms with E-state index in [0.717, 1.165) is 10.9 Å². The van der Waals surface area contributed by atoms with Gasteiger partial charge in [0.2, 0.25) is 0 Å². The van der Waals surface area contributed by atoms with Crippen molar-refractivity contribution in [1.82, 2.24) is 10.3 Å². The number of carbonyl (C=O) groups excluding carboxylic acids is 1. The third-order valence-electron chi connectivity index (χ3n) is 2.85. The number of carbonyl (C=O) groups is 1. The number of methoxy groups -OCH3 is 1. The first-order chi connectivity index (χ1) is 8.91. The van der Waals surface area contributed by atoms with E-state index >= 15 is 0 Å². The maximum Gasteiger partial charge on any atom is 0.268 e. The molecule has 0 bridgehead atoms. The summed E-state index contributed by atoms with van der Waals surface area (Å²) in [5.41, 5.74) is 7.39. The molecule has 5 nitrogen and oxygen atoms in total. The van der Waals surface area contributed by atoms with E-state index in [-0.39, 0.29) is 5.91 Å². The fraction of sp³-hybridized carbons (Fsp3) is 0.357. The first kappa shape index (κ1) is 13.4. The third kappa shape index (κ3) is 3.06. The van der Waals surface area contributed by atoms with E-state index in [4.69, 9.17) is 10.5 Å². The summed E-state index contributed by atoms with van der Waals surface area (Å²) in [7, 11) is 1.61. The molecule has 0 saturated carbocycles. The second-order valence-corrected chi connectivity index (χ2v) is 5.30.